The molecule has 0 aliphatic carbocycles. The fourth-order valence-electron chi connectivity index (χ4n) is 4.91. The summed E-state index contributed by atoms with van der Waals surface area (Å²) in [4.78, 5) is 31.5. The Kier molecular flexibility index (Phi) is 6.98. The molecule has 2 N–H and O–H groups in total. The zero-order valence-electron chi connectivity index (χ0n) is 20.7. The molecule has 5 heterocycles. The summed E-state index contributed by atoms with van der Waals surface area (Å²) < 4.78 is 2.02. The normalized spacial score (nSPS) is 16.5. The third-order valence-electron chi connectivity index (χ3n) is 6.87. The van der Waals surface area contributed by atoms with Crippen molar-refractivity contribution >= 4 is 34.4 Å². The maximum atomic E-state index is 13.4. The number of amides is 1. The van der Waals surface area contributed by atoms with Gasteiger partial charge in [-0.1, -0.05) is 0 Å². The van der Waals surface area contributed by atoms with Crippen LogP contribution in [0.15, 0.2) is 30.6 Å². The predicted octanol–water partition coefficient (Wildman–Crippen LogP) is 2.58. The molecule has 0 radical (unpaired) electrons. The second kappa shape index (κ2) is 10.5. The molecule has 3 aromatic rings. The maximum absolute atomic E-state index is 13.4. The van der Waals surface area contributed by atoms with Crippen molar-refractivity contribution < 1.29 is 4.79 Å². The lowest BCUT2D eigenvalue weighted by Gasteiger charge is -2.32. The number of rotatable bonds is 7. The molecule has 0 atom stereocenters. The Morgan fingerprint density at radius 1 is 1.03 bits per heavy atom. The van der Waals surface area contributed by atoms with Gasteiger partial charge in [0.05, 0.1) is 11.9 Å². The number of piperidine rings is 1. The number of aromatic nitrogens is 4. The van der Waals surface area contributed by atoms with Gasteiger partial charge in [-0.15, -0.1) is 0 Å². The number of carbonyl (C=O) groups is 1. The van der Waals surface area contributed by atoms with Gasteiger partial charge in [0.25, 0.3) is 5.91 Å². The van der Waals surface area contributed by atoms with Crippen molar-refractivity contribution in [1.82, 2.24) is 29.8 Å². The summed E-state index contributed by atoms with van der Waals surface area (Å²) in [6.07, 6.45) is 7.12. The quantitative estimate of drug-likeness (QED) is 0.536. The van der Waals surface area contributed by atoms with E-state index >= 15 is 0 Å². The topological polar surface area (TPSA) is 94.5 Å². The van der Waals surface area contributed by atoms with Crippen molar-refractivity contribution in [3.63, 3.8) is 0 Å². The van der Waals surface area contributed by atoms with E-state index in [-0.39, 0.29) is 5.91 Å². The summed E-state index contributed by atoms with van der Waals surface area (Å²) in [5.74, 6) is 1.19. The van der Waals surface area contributed by atoms with Crippen LogP contribution in [0.25, 0.3) is 11.0 Å². The van der Waals surface area contributed by atoms with E-state index in [0.717, 1.165) is 68.8 Å². The Morgan fingerprint density at radius 3 is 2.49 bits per heavy atom. The number of hydrogen-bond acceptors (Lipinski definition) is 8. The molecule has 0 bridgehead atoms. The van der Waals surface area contributed by atoms with Crippen LogP contribution >= 0.6 is 0 Å². The molecular formula is C25H35N9O. The van der Waals surface area contributed by atoms with Gasteiger partial charge in [-0.05, 0) is 51.3 Å². The van der Waals surface area contributed by atoms with Gasteiger partial charge >= 0.3 is 0 Å². The minimum absolute atomic E-state index is 0.0262. The molecule has 5 rings (SSSR count). The van der Waals surface area contributed by atoms with E-state index in [1.165, 1.54) is 6.42 Å². The maximum Gasteiger partial charge on any atom is 0.272 e. The Morgan fingerprint density at radius 2 is 1.80 bits per heavy atom. The van der Waals surface area contributed by atoms with E-state index in [0.29, 0.717) is 30.5 Å². The Labute approximate surface area is 206 Å². The zero-order chi connectivity index (χ0) is 24.2. The van der Waals surface area contributed by atoms with Crippen molar-refractivity contribution in [3.05, 3.63) is 36.3 Å². The van der Waals surface area contributed by atoms with Crippen molar-refractivity contribution in [2.75, 3.05) is 67.6 Å². The van der Waals surface area contributed by atoms with Gasteiger partial charge in [0.1, 0.15) is 11.5 Å². The first-order valence-electron chi connectivity index (χ1n) is 12.8. The summed E-state index contributed by atoms with van der Waals surface area (Å²) in [5.41, 5.74) is 2.51. The van der Waals surface area contributed by atoms with Crippen LogP contribution in [0.4, 0.5) is 17.5 Å². The summed E-state index contributed by atoms with van der Waals surface area (Å²) in [7, 11) is 0. The number of carbonyl (C=O) groups excluding carboxylic acids is 1. The van der Waals surface area contributed by atoms with Gasteiger partial charge in [0.15, 0.2) is 5.65 Å². The van der Waals surface area contributed by atoms with E-state index in [9.17, 15) is 4.79 Å². The van der Waals surface area contributed by atoms with Gasteiger partial charge < -0.3 is 25.4 Å². The summed E-state index contributed by atoms with van der Waals surface area (Å²) in [6, 6.07) is 5.97. The predicted molar refractivity (Wildman–Crippen MR) is 139 cm³/mol. The monoisotopic (exact) mass is 477 g/mol. The number of nitrogens with one attached hydrogen (secondary N) is 2. The smallest absolute Gasteiger partial charge is 0.272 e. The molecule has 1 amide bonds. The van der Waals surface area contributed by atoms with Crippen LogP contribution in [0, 0.1) is 0 Å². The number of anilines is 3. The first-order chi connectivity index (χ1) is 17.2. The molecule has 2 aliphatic heterocycles. The van der Waals surface area contributed by atoms with Crippen LogP contribution in [0.5, 0.6) is 0 Å². The van der Waals surface area contributed by atoms with Crippen molar-refractivity contribution in [2.24, 2.45) is 0 Å². The average molecular weight is 478 g/mol. The van der Waals surface area contributed by atoms with Gasteiger partial charge in [-0.2, -0.15) is 4.98 Å². The second-order valence-corrected chi connectivity index (χ2v) is 9.07. The van der Waals surface area contributed by atoms with Gasteiger partial charge in [-0.3, -0.25) is 4.79 Å². The highest BCUT2D eigenvalue weighted by molar-refractivity contribution is 5.98. The third kappa shape index (κ3) is 4.88. The number of piperazine rings is 1. The molecule has 0 spiro atoms. The molecule has 2 saturated heterocycles. The highest BCUT2D eigenvalue weighted by Crippen LogP contribution is 2.24. The molecule has 0 saturated carbocycles. The van der Waals surface area contributed by atoms with E-state index in [2.05, 4.69) is 36.6 Å². The number of fused-ring (bicyclic) bond motifs is 1. The SMILES string of the molecule is CCN(CC)C(=O)c1cc2cnc(Nc3ccc(N4CCNCC4)cn3)nc2n1N1CCCCC1. The molecule has 2 fully saturated rings. The summed E-state index contributed by atoms with van der Waals surface area (Å²) in [6.45, 7) is 11.1. The Bertz CT molecular complexity index is 1140. The van der Waals surface area contributed by atoms with Gasteiger partial charge in [0.2, 0.25) is 5.95 Å². The second-order valence-electron chi connectivity index (χ2n) is 9.07. The molecule has 10 heteroatoms. The van der Waals surface area contributed by atoms with Crippen LogP contribution in [-0.4, -0.2) is 82.8 Å². The highest BCUT2D eigenvalue weighted by atomic mass is 16.2. The standard InChI is InChI=1S/C25H35N9O/c1-3-31(4-2)24(35)21-16-19-17-28-25(30-23(19)34(21)33-12-6-5-7-13-33)29-22-9-8-20(18-27-22)32-14-10-26-11-15-32/h8-9,16-18,26H,3-7,10-15H2,1-2H3,(H,27,28,29,30). The number of pyridine rings is 1. The number of nitrogens with zero attached hydrogens (tertiary/aromatic N) is 7. The van der Waals surface area contributed by atoms with Crippen molar-refractivity contribution in [2.45, 2.75) is 33.1 Å². The third-order valence-corrected chi connectivity index (χ3v) is 6.87. The van der Waals surface area contributed by atoms with Crippen LogP contribution < -0.4 is 20.5 Å². The molecule has 10 nitrogen and oxygen atoms in total. The Hall–Kier alpha value is -3.40. The fourth-order valence-corrected chi connectivity index (χ4v) is 4.91. The van der Waals surface area contributed by atoms with Crippen LogP contribution in [-0.2, 0) is 0 Å². The average Bonchev–Trinajstić information content (AvgIpc) is 3.29. The summed E-state index contributed by atoms with van der Waals surface area (Å²) >= 11 is 0. The van der Waals surface area contributed by atoms with E-state index < -0.39 is 0 Å². The van der Waals surface area contributed by atoms with Crippen LogP contribution in [0.3, 0.4) is 0 Å². The minimum Gasteiger partial charge on any atom is -0.368 e. The largest absolute Gasteiger partial charge is 0.368 e. The molecule has 3 aromatic heterocycles. The van der Waals surface area contributed by atoms with Gasteiger partial charge in [0, 0.05) is 63.9 Å². The zero-order valence-corrected chi connectivity index (χ0v) is 20.7. The van der Waals surface area contributed by atoms with E-state index in [1.807, 2.05) is 41.8 Å². The molecule has 2 aliphatic rings. The van der Waals surface area contributed by atoms with Crippen molar-refractivity contribution in [3.8, 4) is 0 Å². The van der Waals surface area contributed by atoms with E-state index in [1.54, 1.807) is 6.20 Å². The van der Waals surface area contributed by atoms with Crippen LogP contribution in [0.1, 0.15) is 43.6 Å². The summed E-state index contributed by atoms with van der Waals surface area (Å²) in [5, 5.41) is 9.73. The highest BCUT2D eigenvalue weighted by Gasteiger charge is 2.25. The lowest BCUT2D eigenvalue weighted by molar-refractivity contribution is 0.0761. The first kappa shape index (κ1) is 23.3. The molecule has 186 valence electrons. The minimum atomic E-state index is 0.0262. The van der Waals surface area contributed by atoms with Crippen molar-refractivity contribution in [1.29, 1.82) is 0 Å². The molecular weight excluding hydrogens is 442 g/mol. The van der Waals surface area contributed by atoms with E-state index in [4.69, 9.17) is 4.98 Å². The lowest BCUT2D eigenvalue weighted by atomic mass is 10.2. The first-order valence-corrected chi connectivity index (χ1v) is 12.8. The molecule has 35 heavy (non-hydrogen) atoms. The molecule has 0 aromatic carbocycles. The number of hydrogen-bond donors (Lipinski definition) is 2. The van der Waals surface area contributed by atoms with Gasteiger partial charge in [-0.25, -0.2) is 14.6 Å². The Balaban J connectivity index is 1.44. The fraction of sp³-hybridized carbons (Fsp3) is 0.520. The molecule has 0 unspecified atom stereocenters. The van der Waals surface area contributed by atoms with Crippen LogP contribution in [0.2, 0.25) is 0 Å². The lowest BCUT2D eigenvalue weighted by Crippen LogP contribution is -2.43.